The molecule has 1 N–H and O–H groups in total. The molecule has 0 aliphatic heterocycles. The third-order valence-corrected chi connectivity index (χ3v) is 0.524. The number of hydrogen-bond donors (Lipinski definition) is 1. The Kier molecular flexibility index (Phi) is 16.6. The van der Waals surface area contributed by atoms with Crippen LogP contribution >= 0.6 is 0 Å². The zero-order chi connectivity index (χ0) is 10.9. The molecule has 0 saturated heterocycles. The number of carbonyl (C=O) groups is 3. The summed E-state index contributed by atoms with van der Waals surface area (Å²) < 4.78 is 8.54. The molecule has 0 rings (SSSR count). The molecule has 0 radical (unpaired) electrons. The van der Waals surface area contributed by atoms with Crippen LogP contribution in [0, 0.1) is 0 Å². The minimum atomic E-state index is -0.833. The monoisotopic (exact) mass is 282 g/mol. The van der Waals surface area contributed by atoms with E-state index in [1.54, 1.807) is 0 Å². The van der Waals surface area contributed by atoms with Gasteiger partial charge in [-0.15, -0.1) is 0 Å². The normalized spacial score (nSPS) is 7.07. The molecule has 0 bridgehead atoms. The Hall–Kier alpha value is -0.707. The Morgan fingerprint density at radius 1 is 1.00 bits per heavy atom. The van der Waals surface area contributed by atoms with Crippen LogP contribution < -0.4 is 0 Å². The topological polar surface area (TPSA) is 89.9 Å². The number of carboxylic acid groups (broad SMARTS) is 1. The van der Waals surface area contributed by atoms with Gasteiger partial charge >= 0.3 is 11.9 Å². The third-order valence-electron chi connectivity index (χ3n) is 0.524. The standard InChI is InChI=1S/C5H8O4.C2H4O2.Zr/c1-4(6)8-3-9-5(2)7;1-2(3)4;/h3H2,1-2H3;1H3,(H,3,4);. The third kappa shape index (κ3) is 42.7. The van der Waals surface area contributed by atoms with Crippen LogP contribution in [-0.4, -0.2) is 29.8 Å². The molecule has 6 nitrogen and oxygen atoms in total. The predicted molar refractivity (Wildman–Crippen MR) is 41.7 cm³/mol. The second-order valence-corrected chi connectivity index (χ2v) is 1.91. The molecule has 0 amide bonds. The molecule has 0 atom stereocenters. The fraction of sp³-hybridized carbons (Fsp3) is 0.571. The number of hydrogen-bond acceptors (Lipinski definition) is 5. The summed E-state index contributed by atoms with van der Waals surface area (Å²) in [6.07, 6.45) is 0. The number of aliphatic carboxylic acids is 1. The Balaban J connectivity index is -0.000000209. The quantitative estimate of drug-likeness (QED) is 0.573. The SMILES string of the molecule is CC(=O)O.CC(=O)OCOC(C)=O.[Zr]. The van der Waals surface area contributed by atoms with E-state index in [1.165, 1.54) is 13.8 Å². The zero-order valence-electron chi connectivity index (χ0n) is 8.20. The first kappa shape index (κ1) is 19.0. The van der Waals surface area contributed by atoms with Gasteiger partial charge in [0, 0.05) is 47.0 Å². The van der Waals surface area contributed by atoms with Gasteiger partial charge in [-0.2, -0.15) is 0 Å². The molecule has 0 aliphatic carbocycles. The largest absolute Gasteiger partial charge is 0.481 e. The average Bonchev–Trinajstić information content (AvgIpc) is 1.83. The van der Waals surface area contributed by atoms with Crippen LogP contribution in [0.2, 0.25) is 0 Å². The summed E-state index contributed by atoms with van der Waals surface area (Å²) in [5.41, 5.74) is 0. The van der Waals surface area contributed by atoms with Gasteiger partial charge in [0.15, 0.2) is 0 Å². The van der Waals surface area contributed by atoms with Crippen molar-refractivity contribution in [3.63, 3.8) is 0 Å². The summed E-state index contributed by atoms with van der Waals surface area (Å²) in [7, 11) is 0. The van der Waals surface area contributed by atoms with E-state index in [0.717, 1.165) is 6.92 Å². The first-order chi connectivity index (χ1) is 5.86. The van der Waals surface area contributed by atoms with E-state index in [0.29, 0.717) is 0 Å². The van der Waals surface area contributed by atoms with Crippen molar-refractivity contribution in [2.24, 2.45) is 0 Å². The molecule has 0 unspecified atom stereocenters. The first-order valence-electron chi connectivity index (χ1n) is 3.32. The summed E-state index contributed by atoms with van der Waals surface area (Å²) in [5, 5.41) is 7.42. The van der Waals surface area contributed by atoms with E-state index in [4.69, 9.17) is 9.90 Å². The van der Waals surface area contributed by atoms with Crippen molar-refractivity contribution in [1.29, 1.82) is 0 Å². The van der Waals surface area contributed by atoms with Gasteiger partial charge in [-0.3, -0.25) is 14.4 Å². The maximum absolute atomic E-state index is 10.0. The van der Waals surface area contributed by atoms with Crippen molar-refractivity contribution in [1.82, 2.24) is 0 Å². The summed E-state index contributed by atoms with van der Waals surface area (Å²) in [4.78, 5) is 29.0. The predicted octanol–water partition coefficient (Wildman–Crippen LogP) is 0.158. The number of rotatable bonds is 2. The molecular weight excluding hydrogens is 271 g/mol. The van der Waals surface area contributed by atoms with E-state index in [9.17, 15) is 9.59 Å². The van der Waals surface area contributed by atoms with Gasteiger partial charge in [-0.1, -0.05) is 0 Å². The van der Waals surface area contributed by atoms with Crippen LogP contribution in [-0.2, 0) is 50.1 Å². The summed E-state index contributed by atoms with van der Waals surface area (Å²) in [6, 6.07) is 0. The van der Waals surface area contributed by atoms with E-state index in [-0.39, 0.29) is 33.0 Å². The van der Waals surface area contributed by atoms with E-state index < -0.39 is 17.9 Å². The number of ether oxygens (including phenoxy) is 2. The fourth-order valence-electron chi connectivity index (χ4n) is 0.195. The van der Waals surface area contributed by atoms with Crippen molar-refractivity contribution >= 4 is 17.9 Å². The molecule has 0 heterocycles. The molecule has 0 saturated carbocycles. The molecule has 0 fully saturated rings. The Bertz CT molecular complexity index is 173. The maximum atomic E-state index is 10.0. The second-order valence-electron chi connectivity index (χ2n) is 1.91. The molecule has 7 heteroatoms. The van der Waals surface area contributed by atoms with Crippen LogP contribution in [0.5, 0.6) is 0 Å². The van der Waals surface area contributed by atoms with Gasteiger partial charge in [0.2, 0.25) is 6.79 Å². The molecule has 0 spiro atoms. The summed E-state index contributed by atoms with van der Waals surface area (Å²) in [6.45, 7) is 3.28. The zero-order valence-corrected chi connectivity index (χ0v) is 10.7. The number of carbonyl (C=O) groups excluding carboxylic acids is 2. The Morgan fingerprint density at radius 2 is 1.21 bits per heavy atom. The van der Waals surface area contributed by atoms with Crippen molar-refractivity contribution in [2.45, 2.75) is 20.8 Å². The van der Waals surface area contributed by atoms with Gasteiger partial charge in [-0.05, 0) is 0 Å². The van der Waals surface area contributed by atoms with Gasteiger partial charge in [0.25, 0.3) is 5.97 Å². The van der Waals surface area contributed by atoms with Gasteiger partial charge in [0.1, 0.15) is 0 Å². The van der Waals surface area contributed by atoms with Crippen molar-refractivity contribution < 1.29 is 55.2 Å². The molecular formula is C7H12O6Zr. The first-order valence-corrected chi connectivity index (χ1v) is 3.32. The Labute approximate surface area is 101 Å². The maximum Gasteiger partial charge on any atom is 0.305 e. The fourth-order valence-corrected chi connectivity index (χ4v) is 0.195. The van der Waals surface area contributed by atoms with Crippen LogP contribution in [0.4, 0.5) is 0 Å². The van der Waals surface area contributed by atoms with Crippen LogP contribution in [0.25, 0.3) is 0 Å². The molecule has 80 valence electrons. The Morgan fingerprint density at radius 3 is 1.36 bits per heavy atom. The van der Waals surface area contributed by atoms with Gasteiger partial charge in [0.05, 0.1) is 0 Å². The summed E-state index contributed by atoms with van der Waals surface area (Å²) >= 11 is 0. The van der Waals surface area contributed by atoms with Crippen molar-refractivity contribution in [2.75, 3.05) is 6.79 Å². The van der Waals surface area contributed by atoms with E-state index in [1.807, 2.05) is 0 Å². The molecule has 0 aromatic heterocycles. The molecule has 0 aromatic carbocycles. The minimum absolute atomic E-state index is 0. The number of carboxylic acids is 1. The molecule has 0 aromatic rings. The second kappa shape index (κ2) is 12.3. The van der Waals surface area contributed by atoms with Crippen molar-refractivity contribution in [3.05, 3.63) is 0 Å². The average molecular weight is 283 g/mol. The van der Waals surface area contributed by atoms with E-state index in [2.05, 4.69) is 9.47 Å². The molecule has 0 aliphatic rings. The van der Waals surface area contributed by atoms with Gasteiger partial charge < -0.3 is 14.6 Å². The van der Waals surface area contributed by atoms with Crippen LogP contribution in [0.15, 0.2) is 0 Å². The molecule has 14 heavy (non-hydrogen) atoms. The smallest absolute Gasteiger partial charge is 0.305 e. The van der Waals surface area contributed by atoms with Gasteiger partial charge in [-0.25, -0.2) is 0 Å². The minimum Gasteiger partial charge on any atom is -0.481 e. The van der Waals surface area contributed by atoms with Crippen LogP contribution in [0.3, 0.4) is 0 Å². The summed E-state index contributed by atoms with van der Waals surface area (Å²) in [5.74, 6) is -1.76. The van der Waals surface area contributed by atoms with Crippen LogP contribution in [0.1, 0.15) is 20.8 Å². The van der Waals surface area contributed by atoms with Crippen molar-refractivity contribution in [3.8, 4) is 0 Å². The number of esters is 2. The van der Waals surface area contributed by atoms with E-state index >= 15 is 0 Å².